The van der Waals surface area contributed by atoms with E-state index in [9.17, 15) is 52.8 Å². The van der Waals surface area contributed by atoms with Crippen molar-refractivity contribution in [2.24, 2.45) is 28.2 Å². The van der Waals surface area contributed by atoms with Gasteiger partial charge in [0.2, 0.25) is 40.1 Å². The monoisotopic (exact) mass is 2090 g/mol. The molecule has 12 heterocycles. The second kappa shape index (κ2) is 49.9. The van der Waals surface area contributed by atoms with E-state index in [1.807, 2.05) is 37.3 Å². The zero-order chi connectivity index (χ0) is 128. The van der Waals surface area contributed by atoms with Crippen LogP contribution in [0.2, 0.25) is 0 Å². The molecule has 6 unspecified atom stereocenters. The quantitative estimate of drug-likeness (QED) is 0.0176. The molecule has 8 aromatic heterocycles. The van der Waals surface area contributed by atoms with E-state index in [0.29, 0.717) is 89.7 Å². The fourth-order valence-electron chi connectivity index (χ4n) is 16.8. The Labute approximate surface area is 882 Å². The molecule has 4 aromatic carbocycles. The zero-order valence-corrected chi connectivity index (χ0v) is 85.6. The van der Waals surface area contributed by atoms with Gasteiger partial charge >= 0.3 is 0 Å². The Morgan fingerprint density at radius 1 is 0.354 bits per heavy atom. The molecule has 44 heteroatoms. The van der Waals surface area contributed by atoms with Crippen molar-refractivity contribution < 1.29 is 91.0 Å². The molecule has 8 N–H and O–H groups in total. The second-order valence-corrected chi connectivity index (χ2v) is 41.5. The van der Waals surface area contributed by atoms with Crippen LogP contribution in [0, 0.1) is 0 Å². The maximum Gasteiger partial charge on any atom is 0.277 e. The van der Waals surface area contributed by atoms with Crippen LogP contribution >= 0.6 is 0 Å². The maximum absolute atomic E-state index is 13.5. The number of aryl methyl sites for hydroxylation is 8. The number of hydrogen-bond donors (Lipinski definition) is 8. The van der Waals surface area contributed by atoms with Gasteiger partial charge in [-0.1, -0.05) is 80.8 Å². The fourth-order valence-corrected chi connectivity index (χ4v) is 20.3. The number of ether oxygens (including phenoxy) is 4. The highest BCUT2D eigenvalue weighted by atomic mass is 32.2. The third-order valence-corrected chi connectivity index (χ3v) is 29.4. The van der Waals surface area contributed by atoms with Crippen molar-refractivity contribution in [3.63, 3.8) is 0 Å². The van der Waals surface area contributed by atoms with Gasteiger partial charge in [-0.25, -0.2) is 72.5 Å². The minimum atomic E-state index is -4.64. The molecular weight excluding hydrogens is 1920 g/mol. The maximum atomic E-state index is 13.5. The largest absolute Gasteiger partial charge is 0.493 e. The van der Waals surface area contributed by atoms with Crippen molar-refractivity contribution in [3.05, 3.63) is 137 Å². The fraction of sp³-hybridized carbons (Fsp3) is 0.560. The van der Waals surface area contributed by atoms with Crippen molar-refractivity contribution >= 4 is 84.2 Å². The molecule has 0 radical (unpaired) electrons. The molecule has 4 fully saturated rings. The number of sulfonamides is 4. The Morgan fingerprint density at radius 2 is 0.625 bits per heavy atom. The predicted octanol–water partition coefficient (Wildman–Crippen LogP) is 11.3. The van der Waals surface area contributed by atoms with Crippen molar-refractivity contribution in [3.8, 4) is 68.5 Å². The van der Waals surface area contributed by atoms with Crippen molar-refractivity contribution in [2.75, 3.05) is 107 Å². The van der Waals surface area contributed by atoms with Crippen LogP contribution in [0.5, 0.6) is 23.0 Å². The third-order valence-electron chi connectivity index (χ3n) is 24.1. The lowest BCUT2D eigenvalue weighted by molar-refractivity contribution is 0.297. The minimum absolute atomic E-state index is 0.0101. The van der Waals surface area contributed by atoms with Gasteiger partial charge in [0.15, 0.2) is 22.1 Å². The molecule has 6 atom stereocenters. The number of aromatic amines is 4. The number of aromatic nitrogens is 16. The number of fused-ring (bicyclic) bond motifs is 4. The Morgan fingerprint density at radius 3 is 0.910 bits per heavy atom. The van der Waals surface area contributed by atoms with E-state index in [2.05, 4.69) is 74.4 Å². The number of rotatable bonds is 44. The molecule has 4 aliphatic rings. The predicted molar refractivity (Wildman–Crippen MR) is 559 cm³/mol. The van der Waals surface area contributed by atoms with Crippen LogP contribution in [-0.2, 0) is 93.9 Å². The molecule has 784 valence electrons. The van der Waals surface area contributed by atoms with Gasteiger partial charge in [-0.15, -0.1) is 0 Å². The number of hydrogen-bond acceptors (Lipinski definition) is 28. The van der Waals surface area contributed by atoms with Crippen LogP contribution in [0.25, 0.3) is 89.7 Å². The molecule has 144 heavy (non-hydrogen) atoms. The molecule has 0 saturated carbocycles. The molecule has 0 spiro atoms. The summed E-state index contributed by atoms with van der Waals surface area (Å²) >= 11 is 0. The van der Waals surface area contributed by atoms with Crippen molar-refractivity contribution in [2.45, 2.75) is 253 Å². The highest BCUT2D eigenvalue weighted by molar-refractivity contribution is 7.90. The van der Waals surface area contributed by atoms with E-state index in [4.69, 9.17) is 57.3 Å². The van der Waals surface area contributed by atoms with Crippen LogP contribution in [-0.4, -0.2) is 263 Å². The lowest BCUT2D eigenvalue weighted by Gasteiger charge is -2.19. The summed E-state index contributed by atoms with van der Waals surface area (Å²) in [6.07, 6.45) is -8.31. The van der Waals surface area contributed by atoms with E-state index >= 15 is 0 Å². The van der Waals surface area contributed by atoms with Gasteiger partial charge in [0.05, 0.1) is 91.0 Å². The molecule has 0 bridgehead atoms. The Balaban J connectivity index is 0.000000187. The first-order valence-electron chi connectivity index (χ1n) is 61.4. The summed E-state index contributed by atoms with van der Waals surface area (Å²) in [5.41, 5.74) is -2.33. The smallest absolute Gasteiger partial charge is 0.277 e. The molecule has 0 aliphatic carbocycles. The Kier molecular flexibility index (Phi) is 26.8. The molecule has 0 amide bonds. The van der Waals surface area contributed by atoms with Gasteiger partial charge in [-0.05, 0) is 255 Å². The van der Waals surface area contributed by atoms with Gasteiger partial charge in [-0.2, -0.15) is 20.4 Å². The van der Waals surface area contributed by atoms with E-state index in [0.717, 1.165) is 41.2 Å². The van der Waals surface area contributed by atoms with Crippen molar-refractivity contribution in [1.82, 2.24) is 117 Å². The number of nitrogens with one attached hydrogen (secondary N) is 8. The van der Waals surface area contributed by atoms with E-state index in [1.54, 1.807) is 49.9 Å². The topological polar surface area (TPSA) is 489 Å². The summed E-state index contributed by atoms with van der Waals surface area (Å²) in [4.78, 5) is 86.9. The summed E-state index contributed by atoms with van der Waals surface area (Å²) < 4.78 is 370. The molecule has 12 aromatic rings. The lowest BCUT2D eigenvalue weighted by Crippen LogP contribution is -2.31. The second-order valence-electron chi connectivity index (χ2n) is 34.6. The van der Waals surface area contributed by atoms with Crippen molar-refractivity contribution in [1.29, 1.82) is 0 Å². The normalized spacial score (nSPS) is 21.1. The standard InChI is InChI=1S/4C25H36N6O4S/c4*1-5-8-20-22-23(31(4)29-20)25(32)28-24(27-22)19-16-18(10-11-21(19)35-15-6-2)36(33,34)26-13-12-17-9-7-14-30(17)3/h4*10-11,16-17,26H,5-9,12-15H2,1-4H3,(H,27,28,32)/i1D3,8D2,12D2,13D;1D3,12D2,13D2;1D3,12D2,13D;1D3,8D2,12D2. The summed E-state index contributed by atoms with van der Waals surface area (Å²) in [6, 6.07) is 12.8. The summed E-state index contributed by atoms with van der Waals surface area (Å²) in [5, 5.41) is 16.7. The highest BCUT2D eigenvalue weighted by Crippen LogP contribution is 2.38. The van der Waals surface area contributed by atoms with E-state index in [-0.39, 0.29) is 190 Å². The van der Waals surface area contributed by atoms with Crippen LogP contribution in [0.15, 0.2) is 112 Å². The van der Waals surface area contributed by atoms with E-state index < -0.39 is 196 Å². The van der Waals surface area contributed by atoms with E-state index in [1.165, 1.54) is 97.2 Å². The molecule has 40 nitrogen and oxygen atoms in total. The van der Waals surface area contributed by atoms with Crippen LogP contribution in [0.3, 0.4) is 0 Å². The summed E-state index contributed by atoms with van der Waals surface area (Å²) in [7, 11) is -4.90. The average Bonchev–Trinajstić information content (AvgIpc) is 1.54. The van der Waals surface area contributed by atoms with Gasteiger partial charge in [-0.3, -0.25) is 37.9 Å². The summed E-state index contributed by atoms with van der Waals surface area (Å²) in [5.74, 6) is 0.395. The molecule has 4 saturated heterocycles. The lowest BCUT2D eigenvalue weighted by atomic mass is 10.1. The minimum Gasteiger partial charge on any atom is -0.493 e. The average molecular weight is 2090 g/mol. The summed E-state index contributed by atoms with van der Waals surface area (Å²) in [6.45, 7) is -5.58. The first-order valence-corrected chi connectivity index (χ1v) is 53.2. The Bertz CT molecular complexity index is 8550. The first-order chi connectivity index (χ1) is 79.6. The molecular formula is C100H144N24O16S4. The first kappa shape index (κ1) is 77.4. The number of benzene rings is 4. The Hall–Kier alpha value is -11.0. The van der Waals surface area contributed by atoms with Gasteiger partial charge in [0.25, 0.3) is 22.2 Å². The SMILES string of the molecule is [2H]C(NS(=O)(=O)c1ccc(OCCC)c(-c2nc3c(C([2H])([2H])CC([2H])([2H])[2H])nn(C)c3c(=O)[nH]2)c1)C([2H])([2H])C1CCCN1C.[2H]C(NS(=O)(=O)c1ccc(OCCC)c(-c2nc3c(CCC([2H])([2H])[2H])nn(C)c3c(=O)[nH]2)c1)C([2H])([2H])C1CCCN1C.[2H]C([2H])([2H])CC([2H])([2H])c1nn(C)c2c(=O)[nH]c(-c3cc(S(=O)(=O)NCC([2H])([2H])C4CCCN4C)ccc3OCCC)nc12.[2H]C([2H])([2H])CCc1nn(C)c2c(=O)[nH]c(-c3cc(S(=O)(=O)NC([2H])([2H])C([2H])([2H])C4CCCN4C)ccc3OCCC)nc12. The van der Waals surface area contributed by atoms with Gasteiger partial charge in [0.1, 0.15) is 68.4 Å². The number of H-pyrrole nitrogens is 4. The van der Waals surface area contributed by atoms with Crippen LogP contribution < -0.4 is 60.1 Å². The highest BCUT2D eigenvalue weighted by Gasteiger charge is 2.32. The molecule has 16 rings (SSSR count). The number of nitrogens with zero attached hydrogens (tertiary/aromatic N) is 16. The third kappa shape index (κ3) is 26.5. The van der Waals surface area contributed by atoms with Crippen LogP contribution in [0.4, 0.5) is 0 Å². The zero-order valence-electron chi connectivity index (χ0n) is 110. The van der Waals surface area contributed by atoms with Crippen LogP contribution in [0.1, 0.15) is 244 Å². The number of likely N-dealkylation sites (tertiary alicyclic amines) is 4. The molecule has 4 aliphatic heterocycles. The van der Waals surface area contributed by atoms with Gasteiger partial charge in [0, 0.05) is 117 Å². The van der Waals surface area contributed by atoms with Gasteiger partial charge < -0.3 is 58.5 Å².